The van der Waals surface area contributed by atoms with Crippen LogP contribution in [-0.2, 0) is 51.2 Å². The Bertz CT molecular complexity index is 5820. The van der Waals surface area contributed by atoms with Gasteiger partial charge in [0.05, 0.1) is 48.4 Å². The van der Waals surface area contributed by atoms with E-state index in [0.29, 0.717) is 0 Å². The van der Waals surface area contributed by atoms with Crippen molar-refractivity contribution in [3.8, 4) is 34.1 Å². The summed E-state index contributed by atoms with van der Waals surface area (Å²) in [6.07, 6.45) is 13.9. The zero-order valence-electron chi connectivity index (χ0n) is 76.6. The van der Waals surface area contributed by atoms with Crippen molar-refractivity contribution in [3.05, 3.63) is 587 Å². The molecule has 19 aromatic rings. The SMILES string of the molecule is Cc1ccc(N(P(c2ccccc2)c2ccccc2)P(c2ccccc2)c2ccccc2)cc1.Cc1ccc(N(P(c2ccccc2)c2ccccc2)P(c2ccccc2)c2ccccc2)cc1.Cc1ccc(N(P(c2ccccc2)c2ccccc2)P(c2ccccc2)c2ccccc2)cc1.F[P-](F)(F)(F)(F)F.[C-]#Cc1ccc(-c2ccccc2)cc1.[C-]#Cc1ccc(-c2ccccc2)cc1.[Cu+].[Cu+].[Cu+]. The normalized spacial score (nSPS) is 11.1. The van der Waals surface area contributed by atoms with E-state index in [9.17, 15) is 25.2 Å². The van der Waals surface area contributed by atoms with Crippen LogP contribution >= 0.6 is 56.2 Å². The van der Waals surface area contributed by atoms with E-state index in [1.165, 1.54) is 120 Å². The standard InChI is InChI=1S/3C31H27NP2.2C14H9.3Cu.F6P/c3*1-26-22-24-27(25-23-26)32(33(28-14-6-2-7-15-28)29-16-8-3-9-17-29)34(30-18-10-4-11-19-30)31-20-12-5-13-21-31;2*1-2-12-8-10-14(11-9-12)13-6-4-3-5-7-13;;;;1-7(2,3,4,5)6/h3*2-25H,1H3;2*3-11H;;;;/q;;;2*-1;3*+1;-1. The summed E-state index contributed by atoms with van der Waals surface area (Å²) in [5.41, 5.74) is 13.9. The monoisotopic (exact) mass is 2110 g/mol. The average molecular weight is 2120 g/mol. The second-order valence-corrected chi connectivity index (χ2v) is 46.6. The molecular formula is C121H99Cu3F6N3P7. The number of benzene rings is 19. The minimum absolute atomic E-state index is 0. The summed E-state index contributed by atoms with van der Waals surface area (Å²) < 4.78 is 67.3. The van der Waals surface area contributed by atoms with Crippen LogP contribution < -0.4 is 77.0 Å². The Hall–Kier alpha value is -12.2. The van der Waals surface area contributed by atoms with Gasteiger partial charge in [0.25, 0.3) is 0 Å². The number of halogens is 6. The molecule has 19 rings (SSSR count). The molecule has 0 unspecified atom stereocenters. The molecule has 140 heavy (non-hydrogen) atoms. The Morgan fingerprint density at radius 3 is 0.407 bits per heavy atom. The van der Waals surface area contributed by atoms with Crippen LogP contribution in [0.2, 0.25) is 0 Å². The van der Waals surface area contributed by atoms with Crippen LogP contribution in [0.5, 0.6) is 0 Å². The molecule has 3 nitrogen and oxygen atoms in total. The summed E-state index contributed by atoms with van der Waals surface area (Å²) >= 11 is 0. The van der Waals surface area contributed by atoms with E-state index in [0.717, 1.165) is 11.1 Å². The van der Waals surface area contributed by atoms with Gasteiger partial charge in [-0.15, -0.1) is 35.4 Å². The molecular weight excluding hydrogens is 2020 g/mol. The molecule has 0 saturated carbocycles. The van der Waals surface area contributed by atoms with Crippen LogP contribution in [0.3, 0.4) is 0 Å². The maximum Gasteiger partial charge on any atom is 1.00 e. The van der Waals surface area contributed by atoms with Gasteiger partial charge in [-0.25, -0.2) is 0 Å². The molecule has 19 heteroatoms. The van der Waals surface area contributed by atoms with Crippen molar-refractivity contribution < 1.29 is 76.4 Å². The summed E-state index contributed by atoms with van der Waals surface area (Å²) in [6, 6.07) is 195. The van der Waals surface area contributed by atoms with Gasteiger partial charge in [-0.2, -0.15) is 0 Å². The van der Waals surface area contributed by atoms with Gasteiger partial charge in [0.15, 0.2) is 0 Å². The van der Waals surface area contributed by atoms with Gasteiger partial charge < -0.3 is 26.2 Å². The van der Waals surface area contributed by atoms with E-state index in [4.69, 9.17) is 12.8 Å². The molecule has 708 valence electrons. The molecule has 0 fully saturated rings. The quantitative estimate of drug-likeness (QED) is 0.0208. The van der Waals surface area contributed by atoms with E-state index < -0.39 is 56.2 Å². The van der Waals surface area contributed by atoms with Gasteiger partial charge >= 0.3 is 84.2 Å². The fourth-order valence-electron chi connectivity index (χ4n) is 14.8. The molecule has 0 N–H and O–H groups in total. The number of hydrogen-bond donors (Lipinski definition) is 0. The van der Waals surface area contributed by atoms with Crippen molar-refractivity contribution in [2.24, 2.45) is 0 Å². The van der Waals surface area contributed by atoms with Crippen LogP contribution in [-0.4, -0.2) is 0 Å². The smallest absolute Gasteiger partial charge is 0.366 e. The van der Waals surface area contributed by atoms with Gasteiger partial charge in [-0.05, 0) is 79.4 Å². The Morgan fingerprint density at radius 1 is 0.171 bits per heavy atom. The summed E-state index contributed by atoms with van der Waals surface area (Å²) in [4.78, 5) is 0. The van der Waals surface area contributed by atoms with E-state index in [2.05, 4.69) is 507 Å². The maximum absolute atomic E-state index is 10.7. The zero-order chi connectivity index (χ0) is 95.5. The Morgan fingerprint density at radius 2 is 0.286 bits per heavy atom. The molecule has 0 heterocycles. The van der Waals surface area contributed by atoms with E-state index in [-0.39, 0.29) is 51.2 Å². The summed E-state index contributed by atoms with van der Waals surface area (Å²) in [7, 11) is -15.6. The van der Waals surface area contributed by atoms with Crippen molar-refractivity contribution in [1.29, 1.82) is 0 Å². The first-order valence-electron chi connectivity index (χ1n) is 44.4. The molecule has 19 aromatic carbocycles. The van der Waals surface area contributed by atoms with Crippen LogP contribution in [0.15, 0.2) is 546 Å². The van der Waals surface area contributed by atoms with Gasteiger partial charge in [0.1, 0.15) is 0 Å². The largest absolute Gasteiger partial charge is 1.00 e. The summed E-state index contributed by atoms with van der Waals surface area (Å²) in [5.74, 6) is 4.71. The van der Waals surface area contributed by atoms with Crippen molar-refractivity contribution >= 4 is 137 Å². The van der Waals surface area contributed by atoms with Crippen LogP contribution in [0.4, 0.5) is 42.2 Å². The molecule has 0 aliphatic rings. The third kappa shape index (κ3) is 32.5. The van der Waals surface area contributed by atoms with Crippen molar-refractivity contribution in [2.75, 3.05) is 13.3 Å². The van der Waals surface area contributed by atoms with Crippen LogP contribution in [0.1, 0.15) is 27.8 Å². The van der Waals surface area contributed by atoms with Gasteiger partial charge in [0.2, 0.25) is 0 Å². The number of nitrogens with zero attached hydrogens (tertiary/aromatic N) is 3. The van der Waals surface area contributed by atoms with Gasteiger partial charge in [-0.3, -0.25) is 11.8 Å². The maximum atomic E-state index is 9.87. The first-order valence-corrected chi connectivity index (χ1v) is 54.2. The minimum Gasteiger partial charge on any atom is -0.366 e. The fourth-order valence-corrected chi connectivity index (χ4v) is 32.7. The van der Waals surface area contributed by atoms with E-state index >= 15 is 0 Å². The Balaban J connectivity index is 0.000000170. The Labute approximate surface area is 860 Å². The molecule has 0 aliphatic heterocycles. The molecule has 0 radical (unpaired) electrons. The molecule has 0 spiro atoms. The van der Waals surface area contributed by atoms with E-state index in [1.807, 2.05) is 84.9 Å². The van der Waals surface area contributed by atoms with Crippen molar-refractivity contribution in [2.45, 2.75) is 20.8 Å². The molecule has 0 saturated heterocycles. The Kier molecular flexibility index (Phi) is 41.3. The number of rotatable bonds is 23. The third-order valence-electron chi connectivity index (χ3n) is 21.2. The predicted molar refractivity (Wildman–Crippen MR) is 585 cm³/mol. The molecule has 0 bridgehead atoms. The zero-order valence-corrected chi connectivity index (χ0v) is 85.7. The number of hydrogen-bond acceptors (Lipinski definition) is 3. The topological polar surface area (TPSA) is 9.72 Å². The first-order chi connectivity index (χ1) is 66.7. The van der Waals surface area contributed by atoms with Crippen molar-refractivity contribution in [1.82, 2.24) is 0 Å². The second kappa shape index (κ2) is 53.5. The van der Waals surface area contributed by atoms with E-state index in [1.54, 1.807) is 0 Å². The van der Waals surface area contributed by atoms with Crippen LogP contribution in [0.25, 0.3) is 22.3 Å². The van der Waals surface area contributed by atoms with Gasteiger partial charge in [-0.1, -0.05) is 502 Å². The second-order valence-electron chi connectivity index (χ2n) is 31.4. The molecule has 0 atom stereocenters. The average Bonchev–Trinajstić information content (AvgIpc) is 0.766. The molecule has 0 aromatic heterocycles. The summed E-state index contributed by atoms with van der Waals surface area (Å²) in [5, 5.41) is 16.2. The number of aryl methyl sites for hydroxylation is 3. The fraction of sp³-hybridized carbons (Fsp3) is 0.0248. The summed E-state index contributed by atoms with van der Waals surface area (Å²) in [6.45, 7) is 6.47. The minimum atomic E-state index is -10.7. The molecule has 0 aliphatic carbocycles. The number of anilines is 3. The molecule has 0 amide bonds. The van der Waals surface area contributed by atoms with Crippen LogP contribution in [0, 0.1) is 45.5 Å². The predicted octanol–water partition coefficient (Wildman–Crippen LogP) is 30.6. The first kappa shape index (κ1) is 108. The van der Waals surface area contributed by atoms with Gasteiger partial charge in [0, 0.05) is 80.7 Å². The third-order valence-corrected chi connectivity index (χ3v) is 37.5. The van der Waals surface area contributed by atoms with Crippen molar-refractivity contribution in [3.63, 3.8) is 0 Å².